The molecule has 5 nitrogen and oxygen atoms in total. The average Bonchev–Trinajstić information content (AvgIpc) is 2.72. The second-order valence-electron chi connectivity index (χ2n) is 5.25. The predicted molar refractivity (Wildman–Crippen MR) is 69.0 cm³/mol. The maximum absolute atomic E-state index is 13.7. The zero-order chi connectivity index (χ0) is 14.9. The Morgan fingerprint density at radius 1 is 1.50 bits per heavy atom. The fourth-order valence-electron chi connectivity index (χ4n) is 2.13. The number of carbonyl (C=O) groups is 2. The summed E-state index contributed by atoms with van der Waals surface area (Å²) in [6, 6.07) is 3.58. The van der Waals surface area contributed by atoms with Crippen molar-refractivity contribution in [2.45, 2.75) is 19.9 Å². The summed E-state index contributed by atoms with van der Waals surface area (Å²) < 4.78 is 18.8. The quantitative estimate of drug-likeness (QED) is 0.877. The molecule has 2 atom stereocenters. The smallest absolute Gasteiger partial charge is 0.313 e. The molecular weight excluding hydrogens is 265 g/mol. The molecule has 2 N–H and O–H groups in total. The fraction of sp³-hybridized carbons (Fsp3) is 0.429. The van der Waals surface area contributed by atoms with Crippen LogP contribution in [0.1, 0.15) is 22.8 Å². The normalized spacial score (nSPS) is 25.4. The lowest BCUT2D eigenvalue weighted by Gasteiger charge is -2.25. The monoisotopic (exact) mass is 281 g/mol. The largest absolute Gasteiger partial charge is 0.481 e. The molecule has 1 fully saturated rings. The lowest BCUT2D eigenvalue weighted by Crippen LogP contribution is -2.49. The van der Waals surface area contributed by atoms with Crippen LogP contribution >= 0.6 is 0 Å². The summed E-state index contributed by atoms with van der Waals surface area (Å²) in [7, 11) is 0. The number of carboxylic acids is 1. The Labute approximate surface area is 115 Å². The van der Waals surface area contributed by atoms with Gasteiger partial charge >= 0.3 is 5.97 Å². The third kappa shape index (κ3) is 2.51. The molecule has 0 spiro atoms. The first-order valence-electron chi connectivity index (χ1n) is 6.23. The molecule has 0 aromatic heterocycles. The van der Waals surface area contributed by atoms with Gasteiger partial charge in [-0.3, -0.25) is 9.59 Å². The van der Waals surface area contributed by atoms with Crippen LogP contribution in [-0.2, 0) is 9.53 Å². The molecule has 1 heterocycles. The number of amides is 1. The summed E-state index contributed by atoms with van der Waals surface area (Å²) in [6.45, 7) is 3.33. The molecule has 108 valence electrons. The van der Waals surface area contributed by atoms with Crippen molar-refractivity contribution in [3.05, 3.63) is 35.1 Å². The zero-order valence-corrected chi connectivity index (χ0v) is 11.3. The molecule has 0 aliphatic carbocycles. The van der Waals surface area contributed by atoms with Crippen LogP contribution in [0.3, 0.4) is 0 Å². The van der Waals surface area contributed by atoms with Gasteiger partial charge in [0.2, 0.25) is 0 Å². The highest BCUT2D eigenvalue weighted by Gasteiger charge is 2.47. The van der Waals surface area contributed by atoms with Gasteiger partial charge < -0.3 is 15.2 Å². The zero-order valence-electron chi connectivity index (χ0n) is 11.3. The van der Waals surface area contributed by atoms with Gasteiger partial charge in [-0.05, 0) is 31.5 Å². The summed E-state index contributed by atoms with van der Waals surface area (Å²) in [6.07, 6.45) is 0. The Morgan fingerprint density at radius 3 is 2.80 bits per heavy atom. The van der Waals surface area contributed by atoms with Gasteiger partial charge in [-0.2, -0.15) is 0 Å². The van der Waals surface area contributed by atoms with Crippen molar-refractivity contribution in [2.24, 2.45) is 5.41 Å². The van der Waals surface area contributed by atoms with E-state index in [9.17, 15) is 19.1 Å². The number of nitrogens with one attached hydrogen (secondary N) is 1. The minimum absolute atomic E-state index is 0.0175. The fourth-order valence-corrected chi connectivity index (χ4v) is 2.13. The Kier molecular flexibility index (Phi) is 3.76. The van der Waals surface area contributed by atoms with Gasteiger partial charge in [0.15, 0.2) is 0 Å². The lowest BCUT2D eigenvalue weighted by atomic mass is 9.85. The molecule has 1 aliphatic rings. The van der Waals surface area contributed by atoms with E-state index < -0.39 is 29.2 Å². The van der Waals surface area contributed by atoms with Crippen LogP contribution in [0.4, 0.5) is 4.39 Å². The number of aliphatic carboxylic acids is 1. The van der Waals surface area contributed by atoms with E-state index in [4.69, 9.17) is 4.74 Å². The molecule has 1 aromatic rings. The number of halogens is 1. The van der Waals surface area contributed by atoms with Gasteiger partial charge in [0.1, 0.15) is 11.2 Å². The van der Waals surface area contributed by atoms with Crippen molar-refractivity contribution in [1.29, 1.82) is 0 Å². The van der Waals surface area contributed by atoms with Crippen LogP contribution < -0.4 is 5.32 Å². The molecule has 2 unspecified atom stereocenters. The first-order chi connectivity index (χ1) is 9.34. The van der Waals surface area contributed by atoms with Crippen molar-refractivity contribution in [3.63, 3.8) is 0 Å². The van der Waals surface area contributed by atoms with E-state index in [0.717, 1.165) is 0 Å². The van der Waals surface area contributed by atoms with Crippen molar-refractivity contribution < 1.29 is 23.8 Å². The number of ether oxygens (including phenoxy) is 1. The second-order valence-corrected chi connectivity index (χ2v) is 5.25. The Hall–Kier alpha value is -1.95. The molecule has 1 aliphatic heterocycles. The number of hydrogen-bond donors (Lipinski definition) is 2. The van der Waals surface area contributed by atoms with Crippen LogP contribution in [0, 0.1) is 18.2 Å². The summed E-state index contributed by atoms with van der Waals surface area (Å²) in [5.41, 5.74) is -0.592. The van der Waals surface area contributed by atoms with Crippen molar-refractivity contribution in [1.82, 2.24) is 5.32 Å². The molecule has 1 saturated heterocycles. The van der Waals surface area contributed by atoms with Crippen molar-refractivity contribution >= 4 is 11.9 Å². The van der Waals surface area contributed by atoms with E-state index in [1.165, 1.54) is 19.1 Å². The van der Waals surface area contributed by atoms with Crippen molar-refractivity contribution in [3.8, 4) is 0 Å². The van der Waals surface area contributed by atoms with Crippen LogP contribution in [0.25, 0.3) is 0 Å². The van der Waals surface area contributed by atoms with E-state index in [1.54, 1.807) is 13.0 Å². The lowest BCUT2D eigenvalue weighted by molar-refractivity contribution is -0.148. The molecule has 20 heavy (non-hydrogen) atoms. The van der Waals surface area contributed by atoms with Gasteiger partial charge in [0.25, 0.3) is 5.91 Å². The molecule has 2 rings (SSSR count). The standard InChI is InChI=1S/C14H16FNO4/c1-8-3-4-9(10(15)5-8)12(17)16-11-6-20-7-14(11,2)13(18)19/h3-5,11H,6-7H2,1-2H3,(H,16,17)(H,18,19). The van der Waals surface area contributed by atoms with E-state index >= 15 is 0 Å². The SMILES string of the molecule is Cc1ccc(C(=O)NC2COCC2(C)C(=O)O)c(F)c1. The minimum Gasteiger partial charge on any atom is -0.481 e. The second kappa shape index (κ2) is 5.20. The third-order valence-corrected chi connectivity index (χ3v) is 3.62. The summed E-state index contributed by atoms with van der Waals surface area (Å²) in [5, 5.41) is 11.8. The highest BCUT2D eigenvalue weighted by atomic mass is 19.1. The van der Waals surface area contributed by atoms with Gasteiger partial charge in [-0.25, -0.2) is 4.39 Å². The van der Waals surface area contributed by atoms with E-state index in [2.05, 4.69) is 5.32 Å². The maximum Gasteiger partial charge on any atom is 0.313 e. The Morgan fingerprint density at radius 2 is 2.20 bits per heavy atom. The summed E-state index contributed by atoms with van der Waals surface area (Å²) in [4.78, 5) is 23.3. The van der Waals surface area contributed by atoms with Crippen molar-refractivity contribution in [2.75, 3.05) is 13.2 Å². The topological polar surface area (TPSA) is 75.6 Å². The maximum atomic E-state index is 13.7. The highest BCUT2D eigenvalue weighted by Crippen LogP contribution is 2.29. The van der Waals surface area contributed by atoms with Crippen LogP contribution in [0.5, 0.6) is 0 Å². The van der Waals surface area contributed by atoms with Crippen LogP contribution in [0.2, 0.25) is 0 Å². The minimum atomic E-state index is -1.20. The van der Waals surface area contributed by atoms with E-state index in [0.29, 0.717) is 5.56 Å². The molecule has 0 bridgehead atoms. The predicted octanol–water partition coefficient (Wildman–Crippen LogP) is 1.35. The summed E-state index contributed by atoms with van der Waals surface area (Å²) in [5.74, 6) is -2.31. The molecule has 0 saturated carbocycles. The number of carboxylic acid groups (broad SMARTS) is 1. The van der Waals surface area contributed by atoms with Gasteiger partial charge in [-0.15, -0.1) is 0 Å². The van der Waals surface area contributed by atoms with Crippen LogP contribution in [-0.4, -0.2) is 36.2 Å². The van der Waals surface area contributed by atoms with Gasteiger partial charge in [0.05, 0.1) is 24.8 Å². The van der Waals surface area contributed by atoms with E-state index in [1.807, 2.05) is 0 Å². The molecule has 1 aromatic carbocycles. The molecule has 1 amide bonds. The molecule has 6 heteroatoms. The molecular formula is C14H16FNO4. The Bertz CT molecular complexity index is 560. The third-order valence-electron chi connectivity index (χ3n) is 3.62. The Balaban J connectivity index is 2.17. The summed E-state index contributed by atoms with van der Waals surface area (Å²) >= 11 is 0. The average molecular weight is 281 g/mol. The number of carbonyl (C=O) groups excluding carboxylic acids is 1. The first-order valence-corrected chi connectivity index (χ1v) is 6.23. The van der Waals surface area contributed by atoms with Gasteiger partial charge in [0, 0.05) is 0 Å². The molecule has 0 radical (unpaired) electrons. The highest BCUT2D eigenvalue weighted by molar-refractivity contribution is 5.95. The number of aryl methyl sites for hydroxylation is 1. The van der Waals surface area contributed by atoms with Crippen LogP contribution in [0.15, 0.2) is 18.2 Å². The number of rotatable bonds is 3. The number of benzene rings is 1. The van der Waals surface area contributed by atoms with E-state index in [-0.39, 0.29) is 18.8 Å². The number of hydrogen-bond acceptors (Lipinski definition) is 3. The first kappa shape index (κ1) is 14.5. The van der Waals surface area contributed by atoms with Gasteiger partial charge in [-0.1, -0.05) is 6.07 Å².